The maximum atomic E-state index is 11.2. The molecule has 6 aromatic rings. The number of fused-ring (bicyclic) bond motifs is 2. The van der Waals surface area contributed by atoms with E-state index in [0.717, 1.165) is 11.1 Å². The van der Waals surface area contributed by atoms with E-state index in [4.69, 9.17) is 0 Å². The second-order valence-corrected chi connectivity index (χ2v) is 9.22. The largest absolute Gasteiger partial charge is 0.507 e. The van der Waals surface area contributed by atoms with Crippen molar-refractivity contribution in [1.82, 2.24) is 0 Å². The van der Waals surface area contributed by atoms with Gasteiger partial charge in [0.15, 0.2) is 0 Å². The van der Waals surface area contributed by atoms with Crippen molar-refractivity contribution < 1.29 is 20.4 Å². The first-order valence-electron chi connectivity index (χ1n) is 12.0. The summed E-state index contributed by atoms with van der Waals surface area (Å²) in [6.45, 7) is 0. The molecule has 4 N–H and O–H groups in total. The Labute approximate surface area is 214 Å². The molecular weight excluding hydrogens is 460 g/mol. The fourth-order valence-electron chi connectivity index (χ4n) is 5.51. The van der Waals surface area contributed by atoms with E-state index in [1.54, 1.807) is 48.5 Å². The second kappa shape index (κ2) is 8.61. The van der Waals surface area contributed by atoms with Crippen LogP contribution in [0.1, 0.15) is 22.3 Å². The van der Waals surface area contributed by atoms with Gasteiger partial charge in [-0.25, -0.2) is 0 Å². The summed E-state index contributed by atoms with van der Waals surface area (Å²) < 4.78 is 0. The molecule has 0 saturated carbocycles. The third-order valence-electron chi connectivity index (χ3n) is 7.18. The quantitative estimate of drug-likeness (QED) is 0.200. The van der Waals surface area contributed by atoms with E-state index < -0.39 is 5.41 Å². The average Bonchev–Trinajstić information content (AvgIpc) is 2.92. The summed E-state index contributed by atoms with van der Waals surface area (Å²) in [5.41, 5.74) is 2.18. The summed E-state index contributed by atoms with van der Waals surface area (Å²) in [4.78, 5) is 0. The van der Waals surface area contributed by atoms with E-state index in [1.807, 2.05) is 72.8 Å². The van der Waals surface area contributed by atoms with E-state index >= 15 is 0 Å². The van der Waals surface area contributed by atoms with Gasteiger partial charge in [0, 0.05) is 21.5 Å². The molecule has 4 heteroatoms. The van der Waals surface area contributed by atoms with Crippen LogP contribution in [0, 0.1) is 0 Å². The maximum absolute atomic E-state index is 11.2. The summed E-state index contributed by atoms with van der Waals surface area (Å²) in [6.07, 6.45) is 0. The predicted molar refractivity (Wildman–Crippen MR) is 146 cm³/mol. The van der Waals surface area contributed by atoms with E-state index in [2.05, 4.69) is 0 Å². The molecule has 0 aliphatic heterocycles. The highest BCUT2D eigenvalue weighted by molar-refractivity contribution is 5.96. The van der Waals surface area contributed by atoms with Crippen molar-refractivity contribution in [2.24, 2.45) is 0 Å². The van der Waals surface area contributed by atoms with Gasteiger partial charge in [-0.15, -0.1) is 0 Å². The molecule has 0 radical (unpaired) electrons. The zero-order chi connectivity index (χ0) is 25.6. The van der Waals surface area contributed by atoms with Crippen LogP contribution in [0.5, 0.6) is 23.0 Å². The Bertz CT molecular complexity index is 1630. The summed E-state index contributed by atoms with van der Waals surface area (Å²) in [5.74, 6) is 0.187. The fraction of sp³-hybridized carbons (Fsp3) is 0.0303. The molecule has 37 heavy (non-hydrogen) atoms. The lowest BCUT2D eigenvalue weighted by atomic mass is 9.64. The highest BCUT2D eigenvalue weighted by Crippen LogP contribution is 2.50. The number of rotatable bonds is 4. The van der Waals surface area contributed by atoms with Gasteiger partial charge in [-0.2, -0.15) is 0 Å². The minimum atomic E-state index is -1.01. The van der Waals surface area contributed by atoms with Crippen LogP contribution in [-0.2, 0) is 5.41 Å². The lowest BCUT2D eigenvalue weighted by Crippen LogP contribution is -2.31. The van der Waals surface area contributed by atoms with Crippen molar-refractivity contribution in [2.45, 2.75) is 5.41 Å². The molecule has 0 amide bonds. The number of aromatic hydroxyl groups is 4. The number of hydrogen-bond acceptors (Lipinski definition) is 4. The SMILES string of the molecule is Oc1cc(C(c2ccccc2)(c2ccccc2)c2cc(O)c3cccc(O)c3c2)cc2c(O)cccc12. The van der Waals surface area contributed by atoms with Crippen LogP contribution >= 0.6 is 0 Å². The molecule has 0 unspecified atom stereocenters. The van der Waals surface area contributed by atoms with Gasteiger partial charge in [0.1, 0.15) is 23.0 Å². The van der Waals surface area contributed by atoms with Crippen molar-refractivity contribution in [1.29, 1.82) is 0 Å². The van der Waals surface area contributed by atoms with Crippen molar-refractivity contribution >= 4 is 21.5 Å². The normalized spacial score (nSPS) is 11.7. The second-order valence-electron chi connectivity index (χ2n) is 9.22. The Morgan fingerprint density at radius 3 is 1.14 bits per heavy atom. The van der Waals surface area contributed by atoms with Crippen LogP contribution in [0.15, 0.2) is 121 Å². The molecule has 6 aromatic carbocycles. The number of phenols is 4. The minimum absolute atomic E-state index is 0.0347. The average molecular weight is 485 g/mol. The molecule has 0 aliphatic carbocycles. The molecule has 0 bridgehead atoms. The molecule has 0 heterocycles. The molecule has 0 atom stereocenters. The van der Waals surface area contributed by atoms with Crippen molar-refractivity contribution in [3.05, 3.63) is 144 Å². The van der Waals surface area contributed by atoms with Gasteiger partial charge >= 0.3 is 0 Å². The Morgan fingerprint density at radius 1 is 0.324 bits per heavy atom. The first-order valence-corrected chi connectivity index (χ1v) is 12.0. The van der Waals surface area contributed by atoms with Gasteiger partial charge in [0.05, 0.1) is 5.41 Å². The first kappa shape index (κ1) is 22.5. The predicted octanol–water partition coefficient (Wildman–Crippen LogP) is 7.20. The third-order valence-corrected chi connectivity index (χ3v) is 7.18. The molecule has 0 aliphatic rings. The number of phenolic OH excluding ortho intramolecular Hbond substituents is 4. The Morgan fingerprint density at radius 2 is 0.730 bits per heavy atom. The standard InChI is InChI=1S/C33H24O4/c34-29-15-7-13-25-27(29)17-23(19-31(25)36)33(21-9-3-1-4-10-21,22-11-5-2-6-12-22)24-18-28-26(32(37)20-24)14-8-16-30(28)35/h1-20,34-37H. The molecule has 0 aromatic heterocycles. The maximum Gasteiger partial charge on any atom is 0.123 e. The lowest BCUT2D eigenvalue weighted by Gasteiger charge is -2.37. The highest BCUT2D eigenvalue weighted by atomic mass is 16.3. The summed E-state index contributed by atoms with van der Waals surface area (Å²) >= 11 is 0. The van der Waals surface area contributed by atoms with E-state index in [-0.39, 0.29) is 23.0 Å². The molecule has 0 fully saturated rings. The highest BCUT2D eigenvalue weighted by Gasteiger charge is 2.40. The van der Waals surface area contributed by atoms with Crippen LogP contribution < -0.4 is 0 Å². The van der Waals surface area contributed by atoms with Crippen molar-refractivity contribution in [2.75, 3.05) is 0 Å². The summed E-state index contributed by atoms with van der Waals surface area (Å²) in [6, 6.07) is 37.0. The minimum Gasteiger partial charge on any atom is -0.507 e. The fourth-order valence-corrected chi connectivity index (χ4v) is 5.51. The van der Waals surface area contributed by atoms with Gasteiger partial charge in [0.2, 0.25) is 0 Å². The molecule has 0 saturated heterocycles. The van der Waals surface area contributed by atoms with Gasteiger partial charge in [0.25, 0.3) is 0 Å². The summed E-state index contributed by atoms with van der Waals surface area (Å²) in [5, 5.41) is 45.9. The van der Waals surface area contributed by atoms with Crippen LogP contribution in [0.3, 0.4) is 0 Å². The lowest BCUT2D eigenvalue weighted by molar-refractivity contribution is 0.473. The van der Waals surface area contributed by atoms with Crippen LogP contribution in [-0.4, -0.2) is 20.4 Å². The topological polar surface area (TPSA) is 80.9 Å². The van der Waals surface area contributed by atoms with Crippen molar-refractivity contribution in [3.8, 4) is 23.0 Å². The van der Waals surface area contributed by atoms with E-state index in [1.165, 1.54) is 0 Å². The monoisotopic (exact) mass is 484 g/mol. The Kier molecular flexibility index (Phi) is 5.24. The molecule has 4 nitrogen and oxygen atoms in total. The van der Waals surface area contributed by atoms with Crippen LogP contribution in [0.25, 0.3) is 21.5 Å². The zero-order valence-electron chi connectivity index (χ0n) is 19.8. The van der Waals surface area contributed by atoms with E-state index in [0.29, 0.717) is 32.7 Å². The molecule has 0 spiro atoms. The van der Waals surface area contributed by atoms with Crippen LogP contribution in [0.4, 0.5) is 0 Å². The Hall–Kier alpha value is -4.96. The first-order chi connectivity index (χ1) is 18.0. The van der Waals surface area contributed by atoms with E-state index in [9.17, 15) is 20.4 Å². The number of hydrogen-bond donors (Lipinski definition) is 4. The summed E-state index contributed by atoms with van der Waals surface area (Å²) in [7, 11) is 0. The zero-order valence-corrected chi connectivity index (χ0v) is 19.8. The smallest absolute Gasteiger partial charge is 0.123 e. The van der Waals surface area contributed by atoms with Gasteiger partial charge in [-0.05, 0) is 58.7 Å². The van der Waals surface area contributed by atoms with Crippen LogP contribution in [0.2, 0.25) is 0 Å². The third kappa shape index (κ3) is 3.46. The Balaban J connectivity index is 1.83. The van der Waals surface area contributed by atoms with Crippen molar-refractivity contribution in [3.63, 3.8) is 0 Å². The van der Waals surface area contributed by atoms with Gasteiger partial charge in [-0.3, -0.25) is 0 Å². The number of benzene rings is 6. The van der Waals surface area contributed by atoms with Gasteiger partial charge in [-0.1, -0.05) is 84.9 Å². The van der Waals surface area contributed by atoms with Gasteiger partial charge < -0.3 is 20.4 Å². The molecule has 6 rings (SSSR count). The molecular formula is C33H24O4. The molecule has 180 valence electrons.